The van der Waals surface area contributed by atoms with Crippen molar-refractivity contribution in [3.8, 4) is 0 Å². The molecule has 5 nitrogen and oxygen atoms in total. The average Bonchev–Trinajstić information content (AvgIpc) is 2.48. The molecule has 1 aliphatic carbocycles. The van der Waals surface area contributed by atoms with Gasteiger partial charge in [0.05, 0.1) is 24.9 Å². The van der Waals surface area contributed by atoms with E-state index in [0.717, 1.165) is 19.4 Å². The number of methoxy groups -OCH3 is 3. The van der Waals surface area contributed by atoms with E-state index in [1.165, 1.54) is 12.8 Å². The molecule has 1 rings (SSSR count). The van der Waals surface area contributed by atoms with E-state index in [0.29, 0.717) is 25.8 Å². The maximum atomic E-state index is 6.21. The summed E-state index contributed by atoms with van der Waals surface area (Å²) in [4.78, 5) is 2.45. The lowest BCUT2D eigenvalue weighted by atomic mass is 9.76. The largest absolute Gasteiger partial charge is 0.383 e. The Labute approximate surface area is 123 Å². The molecular formula is C15H32N2O3. The molecule has 0 aromatic rings. The monoisotopic (exact) mass is 288 g/mol. The predicted octanol–water partition coefficient (Wildman–Crippen LogP) is 1.26. The van der Waals surface area contributed by atoms with E-state index >= 15 is 0 Å². The van der Waals surface area contributed by atoms with Gasteiger partial charge < -0.3 is 19.9 Å². The van der Waals surface area contributed by atoms with Gasteiger partial charge in [0.2, 0.25) is 0 Å². The number of ether oxygens (including phenoxy) is 3. The Morgan fingerprint density at radius 2 is 2.00 bits per heavy atom. The minimum absolute atomic E-state index is 0.0938. The maximum absolute atomic E-state index is 6.21. The van der Waals surface area contributed by atoms with Crippen LogP contribution in [0, 0.1) is 0 Å². The third-order valence-corrected chi connectivity index (χ3v) is 4.61. The normalized spacial score (nSPS) is 28.8. The Morgan fingerprint density at radius 3 is 2.55 bits per heavy atom. The summed E-state index contributed by atoms with van der Waals surface area (Å²) < 4.78 is 16.4. The average molecular weight is 288 g/mol. The van der Waals surface area contributed by atoms with Gasteiger partial charge in [-0.3, -0.25) is 4.90 Å². The number of hydrogen-bond donors (Lipinski definition) is 1. The van der Waals surface area contributed by atoms with Crippen molar-refractivity contribution in [1.29, 1.82) is 0 Å². The van der Waals surface area contributed by atoms with Crippen LogP contribution < -0.4 is 5.73 Å². The molecule has 1 fully saturated rings. The van der Waals surface area contributed by atoms with E-state index in [1.807, 2.05) is 0 Å². The Bertz CT molecular complexity index is 266. The van der Waals surface area contributed by atoms with Crippen LogP contribution in [-0.2, 0) is 14.2 Å². The topological polar surface area (TPSA) is 57.0 Å². The zero-order chi connectivity index (χ0) is 15.0. The predicted molar refractivity (Wildman–Crippen MR) is 81.0 cm³/mol. The fraction of sp³-hybridized carbons (Fsp3) is 1.00. The molecule has 0 bridgehead atoms. The Balaban J connectivity index is 2.96. The molecule has 5 heteroatoms. The number of rotatable bonds is 9. The smallest absolute Gasteiger partial charge is 0.0767 e. The van der Waals surface area contributed by atoms with Crippen molar-refractivity contribution in [3.05, 3.63) is 0 Å². The molecule has 0 heterocycles. The summed E-state index contributed by atoms with van der Waals surface area (Å²) in [6.45, 7) is 5.06. The minimum Gasteiger partial charge on any atom is -0.383 e. The SMILES string of the molecule is COCCN(C(C)COC)C1(CN)CCCCC1OC. The van der Waals surface area contributed by atoms with E-state index in [1.54, 1.807) is 21.3 Å². The summed E-state index contributed by atoms with van der Waals surface area (Å²) in [5.74, 6) is 0. The molecule has 3 atom stereocenters. The van der Waals surface area contributed by atoms with Crippen LogP contribution in [0.3, 0.4) is 0 Å². The van der Waals surface area contributed by atoms with Crippen molar-refractivity contribution in [2.45, 2.75) is 50.3 Å². The summed E-state index contributed by atoms with van der Waals surface area (Å²) in [7, 11) is 5.29. The van der Waals surface area contributed by atoms with Gasteiger partial charge in [-0.1, -0.05) is 12.8 Å². The standard InChI is InChI=1S/C15H32N2O3/c1-13(11-19-3)17(9-10-18-2)15(12-16)8-6-5-7-14(15)20-4/h13-14H,5-12,16H2,1-4H3. The Kier molecular flexibility index (Phi) is 7.99. The maximum Gasteiger partial charge on any atom is 0.0767 e. The van der Waals surface area contributed by atoms with Gasteiger partial charge in [0.1, 0.15) is 0 Å². The molecule has 0 radical (unpaired) electrons. The van der Waals surface area contributed by atoms with E-state index in [9.17, 15) is 0 Å². The fourth-order valence-electron chi connectivity index (χ4n) is 3.61. The molecule has 1 aliphatic rings. The Morgan fingerprint density at radius 1 is 1.25 bits per heavy atom. The molecule has 1 saturated carbocycles. The van der Waals surface area contributed by atoms with Crippen LogP contribution in [0.15, 0.2) is 0 Å². The first-order valence-corrected chi connectivity index (χ1v) is 7.63. The van der Waals surface area contributed by atoms with Crippen LogP contribution >= 0.6 is 0 Å². The van der Waals surface area contributed by atoms with Gasteiger partial charge in [0.15, 0.2) is 0 Å². The van der Waals surface area contributed by atoms with Crippen molar-refractivity contribution < 1.29 is 14.2 Å². The molecule has 120 valence electrons. The second-order valence-electron chi connectivity index (χ2n) is 5.77. The van der Waals surface area contributed by atoms with Gasteiger partial charge in [-0.15, -0.1) is 0 Å². The summed E-state index contributed by atoms with van der Waals surface area (Å²) in [6.07, 6.45) is 4.78. The second kappa shape index (κ2) is 8.95. The van der Waals surface area contributed by atoms with Crippen molar-refractivity contribution in [3.63, 3.8) is 0 Å². The van der Waals surface area contributed by atoms with Crippen molar-refractivity contribution in [2.24, 2.45) is 5.73 Å². The lowest BCUT2D eigenvalue weighted by molar-refractivity contribution is -0.103. The summed E-state index contributed by atoms with van der Waals surface area (Å²) in [6, 6.07) is 0.300. The van der Waals surface area contributed by atoms with Gasteiger partial charge in [0.25, 0.3) is 0 Å². The third-order valence-electron chi connectivity index (χ3n) is 4.61. The second-order valence-corrected chi connectivity index (χ2v) is 5.77. The molecule has 0 amide bonds. The molecular weight excluding hydrogens is 256 g/mol. The van der Waals surface area contributed by atoms with Crippen LogP contribution in [-0.4, -0.2) is 70.2 Å². The summed E-state index contributed by atoms with van der Waals surface area (Å²) in [5, 5.41) is 0. The molecule has 0 saturated heterocycles. The van der Waals surface area contributed by atoms with Crippen LogP contribution in [0.4, 0.5) is 0 Å². The van der Waals surface area contributed by atoms with Crippen molar-refractivity contribution in [1.82, 2.24) is 4.90 Å². The first kappa shape index (κ1) is 17.9. The lowest BCUT2D eigenvalue weighted by Crippen LogP contribution is -2.66. The van der Waals surface area contributed by atoms with Crippen LogP contribution in [0.1, 0.15) is 32.6 Å². The van der Waals surface area contributed by atoms with E-state index < -0.39 is 0 Å². The summed E-state index contributed by atoms with van der Waals surface area (Å²) >= 11 is 0. The zero-order valence-corrected chi connectivity index (χ0v) is 13.6. The highest BCUT2D eigenvalue weighted by Gasteiger charge is 2.46. The first-order valence-electron chi connectivity index (χ1n) is 7.63. The number of nitrogens with zero attached hydrogens (tertiary/aromatic N) is 1. The number of hydrogen-bond acceptors (Lipinski definition) is 5. The van der Waals surface area contributed by atoms with Crippen LogP contribution in [0.5, 0.6) is 0 Å². The van der Waals surface area contributed by atoms with E-state index in [-0.39, 0.29) is 11.6 Å². The molecule has 3 unspecified atom stereocenters. The van der Waals surface area contributed by atoms with Gasteiger partial charge in [-0.05, 0) is 19.8 Å². The molecule has 0 aromatic heterocycles. The third kappa shape index (κ3) is 3.92. The molecule has 2 N–H and O–H groups in total. The highest BCUT2D eigenvalue weighted by molar-refractivity contribution is 5.02. The van der Waals surface area contributed by atoms with Crippen molar-refractivity contribution in [2.75, 3.05) is 47.6 Å². The van der Waals surface area contributed by atoms with Gasteiger partial charge in [0, 0.05) is 40.5 Å². The molecule has 0 aromatic carbocycles. The zero-order valence-electron chi connectivity index (χ0n) is 13.6. The molecule has 0 aliphatic heterocycles. The highest BCUT2D eigenvalue weighted by atomic mass is 16.5. The first-order chi connectivity index (χ1) is 9.66. The van der Waals surface area contributed by atoms with Gasteiger partial charge in [-0.2, -0.15) is 0 Å². The van der Waals surface area contributed by atoms with E-state index in [4.69, 9.17) is 19.9 Å². The van der Waals surface area contributed by atoms with Gasteiger partial charge >= 0.3 is 0 Å². The van der Waals surface area contributed by atoms with Crippen LogP contribution in [0.2, 0.25) is 0 Å². The van der Waals surface area contributed by atoms with Gasteiger partial charge in [-0.25, -0.2) is 0 Å². The lowest BCUT2D eigenvalue weighted by Gasteiger charge is -2.52. The van der Waals surface area contributed by atoms with E-state index in [2.05, 4.69) is 11.8 Å². The minimum atomic E-state index is -0.0938. The van der Waals surface area contributed by atoms with Crippen molar-refractivity contribution >= 4 is 0 Å². The summed E-state index contributed by atoms with van der Waals surface area (Å²) in [5.41, 5.74) is 6.11. The molecule has 0 spiro atoms. The quantitative estimate of drug-likeness (QED) is 0.692. The Hall–Kier alpha value is -0.200. The fourth-order valence-corrected chi connectivity index (χ4v) is 3.61. The highest BCUT2D eigenvalue weighted by Crippen LogP contribution is 2.36. The van der Waals surface area contributed by atoms with Crippen LogP contribution in [0.25, 0.3) is 0 Å². The number of nitrogens with two attached hydrogens (primary N) is 1. The molecule has 20 heavy (non-hydrogen) atoms.